The third-order valence-corrected chi connectivity index (χ3v) is 6.70. The second kappa shape index (κ2) is 11.4. The Morgan fingerprint density at radius 3 is 2.16 bits per heavy atom. The van der Waals surface area contributed by atoms with Crippen molar-refractivity contribution >= 4 is 40.4 Å². The molecule has 6 heteroatoms. The Morgan fingerprint density at radius 2 is 1.60 bits per heavy atom. The smallest absolute Gasteiger partial charge is 0.264 e. The molecule has 2 heterocycles. The maximum absolute atomic E-state index is 12.5. The van der Waals surface area contributed by atoms with Crippen LogP contribution in [-0.2, 0) is 0 Å². The molecule has 0 atom stereocenters. The topological polar surface area (TPSA) is 23.6 Å². The third kappa shape index (κ3) is 7.09. The first-order chi connectivity index (χ1) is 12.1. The number of nitrogens with zero attached hydrogens (tertiary/aromatic N) is 2. The van der Waals surface area contributed by atoms with Crippen molar-refractivity contribution in [2.24, 2.45) is 0 Å². The second-order valence-corrected chi connectivity index (χ2v) is 8.90. The molecule has 1 aromatic heterocycles. The highest BCUT2D eigenvalue weighted by atomic mass is 35.5. The van der Waals surface area contributed by atoms with E-state index in [4.69, 9.17) is 23.2 Å². The molecule has 1 fully saturated rings. The molecule has 0 radical (unpaired) electrons. The summed E-state index contributed by atoms with van der Waals surface area (Å²) >= 11 is 13.2. The molecule has 1 aliphatic heterocycles. The van der Waals surface area contributed by atoms with Crippen LogP contribution < -0.4 is 0 Å². The van der Waals surface area contributed by atoms with Crippen LogP contribution in [0, 0.1) is 0 Å². The molecule has 1 saturated heterocycles. The SMILES string of the molecule is CCCCCCCCCCN1CCN(C(=O)c2cc(Cl)c(Cl)s2)CC1. The minimum Gasteiger partial charge on any atom is -0.335 e. The summed E-state index contributed by atoms with van der Waals surface area (Å²) in [4.78, 5) is 17.5. The van der Waals surface area contributed by atoms with Crippen molar-refractivity contribution in [3.8, 4) is 0 Å². The fourth-order valence-corrected chi connectivity index (χ4v) is 4.59. The minimum absolute atomic E-state index is 0.0607. The molecule has 0 bridgehead atoms. The number of halogens is 2. The van der Waals surface area contributed by atoms with Gasteiger partial charge in [-0.3, -0.25) is 9.69 Å². The fourth-order valence-electron chi connectivity index (χ4n) is 3.25. The van der Waals surface area contributed by atoms with Crippen molar-refractivity contribution in [1.82, 2.24) is 9.80 Å². The molecule has 0 aliphatic carbocycles. The van der Waals surface area contributed by atoms with Crippen molar-refractivity contribution in [3.05, 3.63) is 20.3 Å². The highest BCUT2D eigenvalue weighted by molar-refractivity contribution is 7.18. The highest BCUT2D eigenvalue weighted by Crippen LogP contribution is 2.32. The van der Waals surface area contributed by atoms with Gasteiger partial charge in [0.05, 0.1) is 9.90 Å². The quantitative estimate of drug-likeness (QED) is 0.449. The second-order valence-electron chi connectivity index (χ2n) is 6.84. The predicted molar refractivity (Wildman–Crippen MR) is 109 cm³/mol. The molecule has 142 valence electrons. The molecular weight excluding hydrogens is 375 g/mol. The molecule has 0 aromatic carbocycles. The Labute approximate surface area is 166 Å². The molecule has 0 N–H and O–H groups in total. The van der Waals surface area contributed by atoms with E-state index < -0.39 is 0 Å². The van der Waals surface area contributed by atoms with E-state index in [1.807, 2.05) is 4.90 Å². The maximum Gasteiger partial charge on any atom is 0.264 e. The number of carbonyl (C=O) groups is 1. The van der Waals surface area contributed by atoms with Crippen LogP contribution in [0.2, 0.25) is 9.36 Å². The van der Waals surface area contributed by atoms with Crippen LogP contribution in [0.1, 0.15) is 68.0 Å². The first kappa shape index (κ1) is 21.0. The molecule has 1 amide bonds. The molecule has 3 nitrogen and oxygen atoms in total. The van der Waals surface area contributed by atoms with Gasteiger partial charge in [0.2, 0.25) is 0 Å². The van der Waals surface area contributed by atoms with Crippen LogP contribution in [0.25, 0.3) is 0 Å². The van der Waals surface area contributed by atoms with Gasteiger partial charge in [0.1, 0.15) is 4.34 Å². The van der Waals surface area contributed by atoms with Crippen molar-refractivity contribution in [1.29, 1.82) is 0 Å². The van der Waals surface area contributed by atoms with E-state index in [-0.39, 0.29) is 5.91 Å². The summed E-state index contributed by atoms with van der Waals surface area (Å²) in [6.07, 6.45) is 10.8. The monoisotopic (exact) mass is 404 g/mol. The van der Waals surface area contributed by atoms with Gasteiger partial charge < -0.3 is 4.90 Å². The highest BCUT2D eigenvalue weighted by Gasteiger charge is 2.23. The van der Waals surface area contributed by atoms with Gasteiger partial charge in [0, 0.05) is 26.2 Å². The van der Waals surface area contributed by atoms with Gasteiger partial charge >= 0.3 is 0 Å². The zero-order valence-corrected chi connectivity index (χ0v) is 17.6. The summed E-state index contributed by atoms with van der Waals surface area (Å²) in [6.45, 7) is 6.95. The van der Waals surface area contributed by atoms with Gasteiger partial charge in [-0.2, -0.15) is 0 Å². The number of hydrogen-bond acceptors (Lipinski definition) is 3. The van der Waals surface area contributed by atoms with Gasteiger partial charge in [0.15, 0.2) is 0 Å². The zero-order valence-electron chi connectivity index (χ0n) is 15.2. The van der Waals surface area contributed by atoms with E-state index in [1.165, 1.54) is 62.7 Å². The van der Waals surface area contributed by atoms with E-state index >= 15 is 0 Å². The molecule has 25 heavy (non-hydrogen) atoms. The molecule has 1 aliphatic rings. The van der Waals surface area contributed by atoms with Gasteiger partial charge in [-0.25, -0.2) is 0 Å². The lowest BCUT2D eigenvalue weighted by Crippen LogP contribution is -2.48. The standard InChI is InChI=1S/C19H30Cl2N2OS/c1-2-3-4-5-6-7-8-9-10-22-11-13-23(14-12-22)19(24)17-15-16(20)18(21)25-17/h15H,2-14H2,1H3. The first-order valence-corrected chi connectivity index (χ1v) is 11.2. The van der Waals surface area contributed by atoms with Crippen LogP contribution in [0.3, 0.4) is 0 Å². The number of unbranched alkanes of at least 4 members (excludes halogenated alkanes) is 7. The van der Waals surface area contributed by atoms with E-state index in [0.29, 0.717) is 14.2 Å². The Hall–Kier alpha value is -0.290. The summed E-state index contributed by atoms with van der Waals surface area (Å²) < 4.78 is 0.498. The molecule has 0 spiro atoms. The Balaban J connectivity index is 1.58. The summed E-state index contributed by atoms with van der Waals surface area (Å²) in [6, 6.07) is 1.68. The Bertz CT molecular complexity index is 508. The zero-order chi connectivity index (χ0) is 18.1. The van der Waals surface area contributed by atoms with E-state index in [2.05, 4.69) is 11.8 Å². The van der Waals surface area contributed by atoms with Gasteiger partial charge in [-0.15, -0.1) is 11.3 Å². The minimum atomic E-state index is 0.0607. The number of amides is 1. The molecule has 0 saturated carbocycles. The molecule has 1 aromatic rings. The normalized spacial score (nSPS) is 15.7. The van der Waals surface area contributed by atoms with Gasteiger partial charge in [-0.1, -0.05) is 75.1 Å². The maximum atomic E-state index is 12.5. The van der Waals surface area contributed by atoms with Crippen LogP contribution in [-0.4, -0.2) is 48.4 Å². The van der Waals surface area contributed by atoms with Crippen molar-refractivity contribution < 1.29 is 4.79 Å². The fraction of sp³-hybridized carbons (Fsp3) is 0.737. The van der Waals surface area contributed by atoms with Crippen molar-refractivity contribution in [2.45, 2.75) is 58.3 Å². The number of hydrogen-bond donors (Lipinski definition) is 0. The van der Waals surface area contributed by atoms with Crippen molar-refractivity contribution in [2.75, 3.05) is 32.7 Å². The van der Waals surface area contributed by atoms with Crippen molar-refractivity contribution in [3.63, 3.8) is 0 Å². The molecule has 2 rings (SSSR count). The first-order valence-electron chi connectivity index (χ1n) is 9.58. The lowest BCUT2D eigenvalue weighted by Gasteiger charge is -2.34. The lowest BCUT2D eigenvalue weighted by atomic mass is 10.1. The van der Waals surface area contributed by atoms with E-state index in [9.17, 15) is 4.79 Å². The van der Waals surface area contributed by atoms with Crippen LogP contribution in [0.15, 0.2) is 6.07 Å². The lowest BCUT2D eigenvalue weighted by molar-refractivity contribution is 0.0640. The number of piperazine rings is 1. The summed E-state index contributed by atoms with van der Waals surface area (Å²) in [7, 11) is 0. The Kier molecular flexibility index (Phi) is 9.61. The van der Waals surface area contributed by atoms with Crippen LogP contribution in [0.5, 0.6) is 0 Å². The number of thiophene rings is 1. The largest absolute Gasteiger partial charge is 0.335 e. The van der Waals surface area contributed by atoms with Crippen LogP contribution >= 0.6 is 34.5 Å². The third-order valence-electron chi connectivity index (χ3n) is 4.84. The summed E-state index contributed by atoms with van der Waals surface area (Å²) in [5.74, 6) is 0.0607. The predicted octanol–water partition coefficient (Wildman–Crippen LogP) is 5.95. The molecule has 0 unspecified atom stereocenters. The van der Waals surface area contributed by atoms with Gasteiger partial charge in [-0.05, 0) is 19.0 Å². The van der Waals surface area contributed by atoms with E-state index in [0.717, 1.165) is 32.7 Å². The van der Waals surface area contributed by atoms with E-state index in [1.54, 1.807) is 6.07 Å². The molecular formula is C19H30Cl2N2OS. The average molecular weight is 405 g/mol. The average Bonchev–Trinajstić information content (AvgIpc) is 2.96. The number of carbonyl (C=O) groups excluding carboxylic acids is 1. The van der Waals surface area contributed by atoms with Crippen LogP contribution in [0.4, 0.5) is 0 Å². The van der Waals surface area contributed by atoms with Gasteiger partial charge in [0.25, 0.3) is 5.91 Å². The Morgan fingerprint density at radius 1 is 1.00 bits per heavy atom. The number of rotatable bonds is 10. The summed E-state index contributed by atoms with van der Waals surface area (Å²) in [5.41, 5.74) is 0. The summed E-state index contributed by atoms with van der Waals surface area (Å²) in [5, 5.41) is 0.475.